The lowest BCUT2D eigenvalue weighted by Gasteiger charge is -2.21. The summed E-state index contributed by atoms with van der Waals surface area (Å²) in [5.41, 5.74) is 2.92. The Bertz CT molecular complexity index is 521. The fourth-order valence-electron chi connectivity index (χ4n) is 1.06. The minimum absolute atomic E-state index is 0.464. The van der Waals surface area contributed by atoms with Crippen molar-refractivity contribution in [2.24, 2.45) is 13.5 Å². The van der Waals surface area contributed by atoms with Crippen molar-refractivity contribution < 1.29 is 0 Å². The lowest BCUT2D eigenvalue weighted by molar-refractivity contribution is 1.64. The third kappa shape index (κ3) is 4.12. The van der Waals surface area contributed by atoms with Crippen molar-refractivity contribution in [1.82, 2.24) is 0 Å². The first-order valence-corrected chi connectivity index (χ1v) is 12.9. The van der Waals surface area contributed by atoms with Gasteiger partial charge in [-0.25, -0.2) is 9.03 Å². The summed E-state index contributed by atoms with van der Waals surface area (Å²) in [6.45, 7) is 5.33. The molecule has 0 radical (unpaired) electrons. The van der Waals surface area contributed by atoms with Gasteiger partial charge in [-0.1, -0.05) is 12.0 Å². The minimum Gasteiger partial charge on any atom is -0.201 e. The summed E-state index contributed by atoms with van der Waals surface area (Å²) in [5.74, 6) is -2.95. The highest BCUT2D eigenvalue weighted by Gasteiger charge is 2.31. The molecule has 0 N–H and O–H groups in total. The van der Waals surface area contributed by atoms with E-state index < -0.39 is 19.0 Å². The van der Waals surface area contributed by atoms with E-state index in [4.69, 9.17) is 45.0 Å². The molecule has 0 spiro atoms. The van der Waals surface area contributed by atoms with E-state index in [1.807, 2.05) is 0 Å². The molecule has 0 bridgehead atoms. The smallest absolute Gasteiger partial charge is 0.201 e. The summed E-state index contributed by atoms with van der Waals surface area (Å²) < 4.78 is 12.4. The van der Waals surface area contributed by atoms with Gasteiger partial charge in [0.25, 0.3) is 11.8 Å². The second-order valence-electron chi connectivity index (χ2n) is 2.74. The molecule has 3 nitrogen and oxygen atoms in total. The van der Waals surface area contributed by atoms with Gasteiger partial charge in [0.15, 0.2) is 7.21 Å². The zero-order valence-electron chi connectivity index (χ0n) is 8.19. The van der Waals surface area contributed by atoms with Crippen LogP contribution in [0.3, 0.4) is 0 Å². The van der Waals surface area contributed by atoms with Crippen LogP contribution in [-0.4, -0.2) is 6.16 Å². The van der Waals surface area contributed by atoms with Crippen molar-refractivity contribution in [3.05, 3.63) is 12.7 Å². The van der Waals surface area contributed by atoms with Crippen LogP contribution in [-0.2, 0) is 0 Å². The number of rotatable bonds is 2. The third-order valence-corrected chi connectivity index (χ3v) is 13.4. The van der Waals surface area contributed by atoms with Gasteiger partial charge in [-0.3, -0.25) is 0 Å². The lowest BCUT2D eigenvalue weighted by Crippen LogP contribution is -1.82. The van der Waals surface area contributed by atoms with Gasteiger partial charge < -0.3 is 0 Å². The van der Waals surface area contributed by atoms with Gasteiger partial charge in [0.1, 0.15) is 0 Å². The quantitative estimate of drug-likeness (QED) is 0.286. The van der Waals surface area contributed by atoms with E-state index in [0.29, 0.717) is 6.16 Å². The zero-order valence-corrected chi connectivity index (χ0v) is 13.9. The fraction of sp³-hybridized carbons (Fsp3) is 0.333. The average Bonchev–Trinajstić information content (AvgIpc) is 1.97. The first-order valence-electron chi connectivity index (χ1n) is 3.98. The second kappa shape index (κ2) is 5.42. The van der Waals surface area contributed by atoms with Crippen molar-refractivity contribution in [1.29, 1.82) is 0 Å². The van der Waals surface area contributed by atoms with E-state index in [1.54, 1.807) is 13.0 Å². The van der Waals surface area contributed by atoms with E-state index in [-0.39, 0.29) is 0 Å². The summed E-state index contributed by atoms with van der Waals surface area (Å²) in [4.78, 5) is 0. The van der Waals surface area contributed by atoms with Crippen molar-refractivity contribution in [2.45, 2.75) is 6.92 Å². The summed E-state index contributed by atoms with van der Waals surface area (Å²) in [5, 5.41) is 0. The van der Waals surface area contributed by atoms with Crippen LogP contribution in [0.2, 0.25) is 0 Å². The molecule has 16 heavy (non-hydrogen) atoms. The van der Waals surface area contributed by atoms with E-state index in [2.05, 4.69) is 31.7 Å². The first-order chi connectivity index (χ1) is 7.24. The van der Waals surface area contributed by atoms with Crippen LogP contribution >= 0.6 is 64.0 Å². The van der Waals surface area contributed by atoms with Gasteiger partial charge in [-0.2, -0.15) is 4.52 Å². The van der Waals surface area contributed by atoms with Gasteiger partial charge in [0, 0.05) is 6.16 Å². The monoisotopic (exact) mass is 355 g/mol. The maximum absolute atomic E-state index is 5.98. The molecule has 10 heteroatoms. The molecule has 1 aliphatic rings. The maximum Gasteiger partial charge on any atom is 0.256 e. The van der Waals surface area contributed by atoms with Gasteiger partial charge in [-0.15, -0.1) is 6.58 Å². The molecule has 0 aromatic heterocycles. The number of hydrogen-bond acceptors (Lipinski definition) is 3. The Morgan fingerprint density at radius 2 is 1.69 bits per heavy atom. The minimum atomic E-state index is -2.85. The summed E-state index contributed by atoms with van der Waals surface area (Å²) in [6.07, 6.45) is 2.13. The van der Waals surface area contributed by atoms with Crippen LogP contribution in [0.1, 0.15) is 6.92 Å². The van der Waals surface area contributed by atoms with Gasteiger partial charge in [0.05, 0.1) is 0 Å². The molecule has 0 aromatic carbocycles. The molecule has 0 aliphatic carbocycles. The highest BCUT2D eigenvalue weighted by atomic mass is 35.9. The predicted molar refractivity (Wildman–Crippen MR) is 80.0 cm³/mol. The normalized spacial score (nSPS) is 29.8. The first kappa shape index (κ1) is 15.2. The summed E-state index contributed by atoms with van der Waals surface area (Å²) >= 11 is 23.9. The number of halogens is 4. The Balaban J connectivity index is 3.59. The topological polar surface area (TPSA) is 37.1 Å². The molecular formula is C6H8Cl4N3P3. The van der Waals surface area contributed by atoms with Crippen molar-refractivity contribution in [3.63, 3.8) is 0 Å². The average molecular weight is 357 g/mol. The molecule has 0 saturated carbocycles. The Hall–Kier alpha value is 1.15. The largest absolute Gasteiger partial charge is 0.256 e. The Morgan fingerprint density at radius 1 is 1.12 bits per heavy atom. The van der Waals surface area contributed by atoms with E-state index in [9.17, 15) is 0 Å². The van der Waals surface area contributed by atoms with E-state index in [1.165, 1.54) is 0 Å². The molecule has 0 saturated heterocycles. The molecule has 1 atom stereocenters. The number of hydrogen-bond donors (Lipinski definition) is 0. The Labute approximate surface area is 114 Å². The molecule has 1 rings (SSSR count). The van der Waals surface area contributed by atoms with Crippen molar-refractivity contribution in [2.75, 3.05) is 6.16 Å². The standard InChI is InChI=1S/C6H8Cl4N3P3/c1-3-5-14(6-4-2)11-15(7,8)13-16(9,10)12-14/h3H,1,5H2,2H3. The summed E-state index contributed by atoms with van der Waals surface area (Å²) in [7, 11) is -2.39. The van der Waals surface area contributed by atoms with Crippen LogP contribution in [0.4, 0.5) is 0 Å². The van der Waals surface area contributed by atoms with Gasteiger partial charge in [-0.05, 0) is 57.5 Å². The van der Waals surface area contributed by atoms with Gasteiger partial charge in [0.2, 0.25) is 0 Å². The second-order valence-corrected chi connectivity index (χ2v) is 15.5. The molecule has 1 unspecified atom stereocenters. The van der Waals surface area contributed by atoms with Crippen LogP contribution in [0.15, 0.2) is 26.2 Å². The molecular weight excluding hydrogens is 349 g/mol. The SMILES string of the molecule is C=CCP1(C#CC)=NP(Cl)(Cl)=NP(Cl)(Cl)=N1. The third-order valence-electron chi connectivity index (χ3n) is 1.40. The predicted octanol–water partition coefficient (Wildman–Crippen LogP) is 7.13. The molecule has 1 aliphatic heterocycles. The van der Waals surface area contributed by atoms with Crippen LogP contribution < -0.4 is 0 Å². The Kier molecular flexibility index (Phi) is 5.15. The Morgan fingerprint density at radius 3 is 2.12 bits per heavy atom. The van der Waals surface area contributed by atoms with Crippen LogP contribution in [0, 0.1) is 11.6 Å². The van der Waals surface area contributed by atoms with Crippen molar-refractivity contribution in [3.8, 4) is 11.6 Å². The molecule has 1 heterocycles. The van der Waals surface area contributed by atoms with E-state index >= 15 is 0 Å². The summed E-state index contributed by atoms with van der Waals surface area (Å²) in [6, 6.07) is 0. The molecule has 0 fully saturated rings. The highest BCUT2D eigenvalue weighted by molar-refractivity contribution is 8.21. The lowest BCUT2D eigenvalue weighted by atomic mass is 10.8. The van der Waals surface area contributed by atoms with Crippen LogP contribution in [0.5, 0.6) is 0 Å². The molecule has 0 amide bonds. The highest BCUT2D eigenvalue weighted by Crippen LogP contribution is 2.85. The zero-order chi connectivity index (χ0) is 12.4. The van der Waals surface area contributed by atoms with Crippen molar-refractivity contribution >= 4 is 64.0 Å². The van der Waals surface area contributed by atoms with E-state index in [0.717, 1.165) is 0 Å². The number of allylic oxidation sites excluding steroid dienone is 1. The van der Waals surface area contributed by atoms with Crippen LogP contribution in [0.25, 0.3) is 0 Å². The van der Waals surface area contributed by atoms with Gasteiger partial charge >= 0.3 is 0 Å². The number of nitrogens with zero attached hydrogens (tertiary/aromatic N) is 3. The molecule has 0 aromatic rings. The maximum atomic E-state index is 5.98. The molecule has 90 valence electrons. The fourth-order valence-corrected chi connectivity index (χ4v) is 16.9.